The number of aromatic nitrogens is 2. The van der Waals surface area contributed by atoms with Crippen LogP contribution < -0.4 is 10.6 Å². The number of rotatable bonds is 3. The highest BCUT2D eigenvalue weighted by Crippen LogP contribution is 2.26. The highest BCUT2D eigenvalue weighted by atomic mass is 19.1. The molecular formula is C22H14F2N4O2. The minimum Gasteiger partial charge on any atom is -0.291 e. The van der Waals surface area contributed by atoms with Gasteiger partial charge in [0, 0.05) is 5.56 Å². The van der Waals surface area contributed by atoms with Gasteiger partial charge in [-0.15, -0.1) is 0 Å². The Bertz CT molecular complexity index is 1230. The predicted molar refractivity (Wildman–Crippen MR) is 108 cm³/mol. The molecule has 0 aliphatic heterocycles. The van der Waals surface area contributed by atoms with Crippen LogP contribution in [0.4, 0.5) is 19.4 Å². The summed E-state index contributed by atoms with van der Waals surface area (Å²) in [6, 6.07) is 15.6. The zero-order valence-corrected chi connectivity index (χ0v) is 15.4. The third-order valence-corrected chi connectivity index (χ3v) is 4.38. The Morgan fingerprint density at radius 2 is 1.50 bits per heavy atom. The molecule has 0 bridgehead atoms. The van der Waals surface area contributed by atoms with Crippen molar-refractivity contribution in [2.24, 2.45) is 0 Å². The van der Waals surface area contributed by atoms with E-state index in [1.54, 1.807) is 0 Å². The molecule has 0 fully saturated rings. The molecule has 0 spiro atoms. The van der Waals surface area contributed by atoms with Crippen LogP contribution in [0, 0.1) is 11.6 Å². The Labute approximate surface area is 169 Å². The molecule has 0 unspecified atom stereocenters. The van der Waals surface area contributed by atoms with E-state index >= 15 is 0 Å². The highest BCUT2D eigenvalue weighted by Gasteiger charge is 2.19. The molecule has 0 saturated heterocycles. The van der Waals surface area contributed by atoms with E-state index in [2.05, 4.69) is 15.3 Å². The molecule has 148 valence electrons. The van der Waals surface area contributed by atoms with Gasteiger partial charge < -0.3 is 0 Å². The van der Waals surface area contributed by atoms with E-state index in [0.717, 1.165) is 34.5 Å². The number of anilines is 1. The first kappa shape index (κ1) is 19.1. The molecule has 30 heavy (non-hydrogen) atoms. The van der Waals surface area contributed by atoms with Gasteiger partial charge in [0.2, 0.25) is 0 Å². The summed E-state index contributed by atoms with van der Waals surface area (Å²) in [4.78, 5) is 32.4. The summed E-state index contributed by atoms with van der Waals surface area (Å²) in [7, 11) is 0. The van der Waals surface area contributed by atoms with E-state index in [1.165, 1.54) is 12.4 Å². The van der Waals surface area contributed by atoms with Crippen molar-refractivity contribution in [3.8, 4) is 11.3 Å². The first-order valence-electron chi connectivity index (χ1n) is 8.89. The lowest BCUT2D eigenvalue weighted by Gasteiger charge is -2.09. The fourth-order valence-corrected chi connectivity index (χ4v) is 3.01. The van der Waals surface area contributed by atoms with Crippen molar-refractivity contribution in [1.29, 1.82) is 0 Å². The van der Waals surface area contributed by atoms with Crippen LogP contribution in [0.2, 0.25) is 0 Å². The van der Waals surface area contributed by atoms with Gasteiger partial charge in [-0.3, -0.25) is 20.4 Å². The Morgan fingerprint density at radius 1 is 0.800 bits per heavy atom. The molecule has 3 aromatic carbocycles. The normalized spacial score (nSPS) is 10.6. The molecule has 6 nitrogen and oxygen atoms in total. The summed E-state index contributed by atoms with van der Waals surface area (Å²) in [5, 5.41) is 6.23. The van der Waals surface area contributed by atoms with Crippen LogP contribution in [0.15, 0.2) is 73.1 Å². The lowest BCUT2D eigenvalue weighted by molar-refractivity contribution is 0.0959. The van der Waals surface area contributed by atoms with Gasteiger partial charge in [0.05, 0.1) is 18.1 Å². The number of halogens is 2. The summed E-state index contributed by atoms with van der Waals surface area (Å²) in [6.07, 6.45) is 2.81. The number of benzene rings is 3. The molecule has 1 aromatic heterocycles. The summed E-state index contributed by atoms with van der Waals surface area (Å²) < 4.78 is 27.3. The van der Waals surface area contributed by atoms with Crippen molar-refractivity contribution in [1.82, 2.24) is 15.3 Å². The van der Waals surface area contributed by atoms with Crippen LogP contribution in [0.3, 0.4) is 0 Å². The van der Waals surface area contributed by atoms with Crippen LogP contribution in [0.1, 0.15) is 10.4 Å². The van der Waals surface area contributed by atoms with Gasteiger partial charge in [-0.25, -0.2) is 18.6 Å². The Balaban J connectivity index is 1.48. The number of nitrogens with one attached hydrogen (secondary N) is 2. The maximum atomic E-state index is 13.6. The molecule has 0 aliphatic rings. The van der Waals surface area contributed by atoms with E-state index < -0.39 is 29.1 Å². The zero-order chi connectivity index (χ0) is 21.1. The number of hydrogen-bond donors (Lipinski definition) is 2. The molecule has 8 heteroatoms. The number of carbonyl (C=O) groups excluding carboxylic acids is 2. The Hall–Kier alpha value is -4.20. The first-order valence-corrected chi connectivity index (χ1v) is 8.89. The molecule has 0 radical (unpaired) electrons. The average Bonchev–Trinajstić information content (AvgIpc) is 2.74. The average molecular weight is 404 g/mol. The molecule has 4 rings (SSSR count). The number of urea groups is 1. The predicted octanol–water partition coefficient (Wildman–Crippen LogP) is 4.54. The second-order valence-corrected chi connectivity index (χ2v) is 6.32. The van der Waals surface area contributed by atoms with Gasteiger partial charge in [-0.1, -0.05) is 48.5 Å². The number of nitrogens with zero attached hydrogens (tertiary/aromatic N) is 2. The van der Waals surface area contributed by atoms with Crippen LogP contribution >= 0.6 is 0 Å². The number of fused-ring (bicyclic) bond motifs is 1. The molecule has 0 saturated carbocycles. The largest absolute Gasteiger partial charge is 0.327 e. The number of amides is 3. The second kappa shape index (κ2) is 8.04. The summed E-state index contributed by atoms with van der Waals surface area (Å²) in [5.74, 6) is -3.28. The number of hydrogen-bond acceptors (Lipinski definition) is 4. The molecule has 0 aliphatic carbocycles. The lowest BCUT2D eigenvalue weighted by atomic mass is 10.0. The Kier molecular flexibility index (Phi) is 5.13. The minimum absolute atomic E-state index is 0.0679. The van der Waals surface area contributed by atoms with Gasteiger partial charge in [-0.05, 0) is 22.9 Å². The summed E-state index contributed by atoms with van der Waals surface area (Å²) in [6.45, 7) is 0. The Morgan fingerprint density at radius 3 is 2.23 bits per heavy atom. The SMILES string of the molecule is O=C(NC(=O)c1c(F)cccc1F)Nc1cnc(-c2cccc3ccccc23)cn1. The van der Waals surface area contributed by atoms with Crippen LogP contribution in [-0.2, 0) is 0 Å². The number of carbonyl (C=O) groups is 2. The van der Waals surface area contributed by atoms with Gasteiger partial charge >= 0.3 is 6.03 Å². The van der Waals surface area contributed by atoms with Crippen molar-refractivity contribution >= 4 is 28.5 Å². The lowest BCUT2D eigenvalue weighted by Crippen LogP contribution is -2.35. The smallest absolute Gasteiger partial charge is 0.291 e. The maximum absolute atomic E-state index is 13.6. The molecular weight excluding hydrogens is 390 g/mol. The highest BCUT2D eigenvalue weighted by molar-refractivity contribution is 6.08. The monoisotopic (exact) mass is 404 g/mol. The first-order chi connectivity index (χ1) is 14.5. The van der Waals surface area contributed by atoms with Gasteiger partial charge in [0.15, 0.2) is 5.82 Å². The fraction of sp³-hybridized carbons (Fsp3) is 0. The van der Waals surface area contributed by atoms with Crippen molar-refractivity contribution in [3.05, 3.63) is 90.3 Å². The zero-order valence-electron chi connectivity index (χ0n) is 15.4. The fourth-order valence-electron chi connectivity index (χ4n) is 3.01. The van der Waals surface area contributed by atoms with Gasteiger partial charge in [-0.2, -0.15) is 0 Å². The second-order valence-electron chi connectivity index (χ2n) is 6.32. The van der Waals surface area contributed by atoms with Crippen molar-refractivity contribution in [2.45, 2.75) is 0 Å². The van der Waals surface area contributed by atoms with E-state index in [0.29, 0.717) is 5.69 Å². The van der Waals surface area contributed by atoms with Crippen LogP contribution in [-0.4, -0.2) is 21.9 Å². The minimum atomic E-state index is -1.21. The molecule has 0 atom stereocenters. The van der Waals surface area contributed by atoms with Gasteiger partial charge in [0.1, 0.15) is 17.2 Å². The molecule has 1 heterocycles. The van der Waals surface area contributed by atoms with E-state index in [9.17, 15) is 18.4 Å². The van der Waals surface area contributed by atoms with E-state index in [1.807, 2.05) is 47.8 Å². The number of imide groups is 1. The van der Waals surface area contributed by atoms with Crippen LogP contribution in [0.25, 0.3) is 22.0 Å². The molecule has 3 amide bonds. The third kappa shape index (κ3) is 3.83. The topological polar surface area (TPSA) is 84.0 Å². The summed E-state index contributed by atoms with van der Waals surface area (Å²) >= 11 is 0. The van der Waals surface area contributed by atoms with E-state index in [4.69, 9.17) is 0 Å². The molecule has 2 N–H and O–H groups in total. The van der Waals surface area contributed by atoms with Crippen molar-refractivity contribution in [3.63, 3.8) is 0 Å². The third-order valence-electron chi connectivity index (χ3n) is 4.38. The van der Waals surface area contributed by atoms with Crippen molar-refractivity contribution in [2.75, 3.05) is 5.32 Å². The van der Waals surface area contributed by atoms with Gasteiger partial charge in [0.25, 0.3) is 5.91 Å². The quantitative estimate of drug-likeness (QED) is 0.525. The summed E-state index contributed by atoms with van der Waals surface area (Å²) in [5.41, 5.74) is 0.633. The maximum Gasteiger partial charge on any atom is 0.327 e. The van der Waals surface area contributed by atoms with E-state index in [-0.39, 0.29) is 5.82 Å². The van der Waals surface area contributed by atoms with Crippen LogP contribution in [0.5, 0.6) is 0 Å². The van der Waals surface area contributed by atoms with Crippen molar-refractivity contribution < 1.29 is 18.4 Å². The molecule has 4 aromatic rings. The standard InChI is InChI=1S/C22H14F2N4O2/c23-16-9-4-10-17(24)20(16)21(29)28-22(30)27-19-12-25-18(11-26-19)15-8-3-6-13-5-1-2-7-14(13)15/h1-12H,(H2,26,27,28,29,30).